The number of benzene rings is 3. The van der Waals surface area contributed by atoms with E-state index in [4.69, 9.17) is 4.74 Å². The van der Waals surface area contributed by atoms with Gasteiger partial charge < -0.3 is 15.0 Å². The number of para-hydroxylation sites is 1. The van der Waals surface area contributed by atoms with Crippen molar-refractivity contribution in [3.8, 4) is 5.75 Å². The van der Waals surface area contributed by atoms with Gasteiger partial charge in [-0.05, 0) is 61.4 Å². The lowest BCUT2D eigenvalue weighted by Gasteiger charge is -2.18. The molecule has 0 bridgehead atoms. The van der Waals surface area contributed by atoms with Gasteiger partial charge in [0.05, 0.1) is 6.61 Å². The van der Waals surface area contributed by atoms with Crippen molar-refractivity contribution in [1.82, 2.24) is 4.90 Å². The van der Waals surface area contributed by atoms with E-state index in [9.17, 15) is 9.59 Å². The fraction of sp³-hybridized carbons (Fsp3) is 0.200. The van der Waals surface area contributed by atoms with Crippen molar-refractivity contribution in [3.05, 3.63) is 95.6 Å². The number of hydrogen-bond acceptors (Lipinski definition) is 3. The Balaban J connectivity index is 1.47. The zero-order chi connectivity index (χ0) is 21.3. The van der Waals surface area contributed by atoms with Gasteiger partial charge in [-0.15, -0.1) is 0 Å². The molecule has 0 spiro atoms. The van der Waals surface area contributed by atoms with E-state index in [-0.39, 0.29) is 11.8 Å². The highest BCUT2D eigenvalue weighted by atomic mass is 16.5. The lowest BCUT2D eigenvalue weighted by atomic mass is 10.1. The van der Waals surface area contributed by atoms with Crippen molar-refractivity contribution in [3.63, 3.8) is 0 Å². The molecular formula is C25H26N2O3. The molecular weight excluding hydrogens is 376 g/mol. The first-order chi connectivity index (χ1) is 14.5. The Morgan fingerprint density at radius 1 is 0.867 bits per heavy atom. The Kier molecular flexibility index (Phi) is 7.22. The van der Waals surface area contributed by atoms with Gasteiger partial charge in [0.15, 0.2) is 0 Å². The average Bonchev–Trinajstić information content (AvgIpc) is 2.78. The molecule has 5 heteroatoms. The van der Waals surface area contributed by atoms with Crippen LogP contribution in [0.4, 0.5) is 5.69 Å². The molecule has 0 aliphatic heterocycles. The molecule has 154 valence electrons. The van der Waals surface area contributed by atoms with Gasteiger partial charge in [0.1, 0.15) is 5.75 Å². The summed E-state index contributed by atoms with van der Waals surface area (Å²) in [5.74, 6) is 0.631. The summed E-state index contributed by atoms with van der Waals surface area (Å²) in [5.41, 5.74) is 2.91. The highest BCUT2D eigenvalue weighted by Gasteiger charge is 2.12. The maximum Gasteiger partial charge on any atom is 0.255 e. The Bertz CT molecular complexity index is 985. The monoisotopic (exact) mass is 402 g/mol. The molecule has 30 heavy (non-hydrogen) atoms. The molecule has 0 radical (unpaired) electrons. The van der Waals surface area contributed by atoms with Crippen LogP contribution in [0.2, 0.25) is 0 Å². The standard InChI is InChI=1S/C25H26N2O3/c1-19-9-6-7-12-23(19)30-18-8-17-27(2)25(29)21-13-15-22(16-14-21)26-24(28)20-10-4-3-5-11-20/h3-7,9-16H,8,17-18H2,1-2H3,(H,26,28). The van der Waals surface area contributed by atoms with Crippen molar-refractivity contribution < 1.29 is 14.3 Å². The molecule has 0 unspecified atom stereocenters. The van der Waals surface area contributed by atoms with Crippen LogP contribution in [0.1, 0.15) is 32.7 Å². The summed E-state index contributed by atoms with van der Waals surface area (Å²) in [6.45, 7) is 3.15. The topological polar surface area (TPSA) is 58.6 Å². The van der Waals surface area contributed by atoms with Crippen molar-refractivity contribution >= 4 is 17.5 Å². The Morgan fingerprint density at radius 2 is 1.53 bits per heavy atom. The molecule has 3 aromatic rings. The van der Waals surface area contributed by atoms with Gasteiger partial charge >= 0.3 is 0 Å². The third-order valence-electron chi connectivity index (χ3n) is 4.76. The van der Waals surface area contributed by atoms with Gasteiger partial charge in [0, 0.05) is 30.4 Å². The largest absolute Gasteiger partial charge is 0.493 e. The van der Waals surface area contributed by atoms with E-state index >= 15 is 0 Å². The minimum atomic E-state index is -0.180. The van der Waals surface area contributed by atoms with Crippen LogP contribution in [-0.2, 0) is 0 Å². The number of ether oxygens (including phenoxy) is 1. The molecule has 0 heterocycles. The molecule has 2 amide bonds. The van der Waals surface area contributed by atoms with Crippen molar-refractivity contribution in [2.75, 3.05) is 25.5 Å². The molecule has 0 atom stereocenters. The van der Waals surface area contributed by atoms with Crippen LogP contribution in [0.3, 0.4) is 0 Å². The van der Waals surface area contributed by atoms with Crippen LogP contribution in [-0.4, -0.2) is 36.9 Å². The molecule has 0 aliphatic rings. The predicted octanol–water partition coefficient (Wildman–Crippen LogP) is 4.79. The lowest BCUT2D eigenvalue weighted by Crippen LogP contribution is -2.28. The van der Waals surface area contributed by atoms with E-state index in [1.54, 1.807) is 48.3 Å². The van der Waals surface area contributed by atoms with E-state index in [0.717, 1.165) is 17.7 Å². The highest BCUT2D eigenvalue weighted by molar-refractivity contribution is 6.04. The number of hydrogen-bond donors (Lipinski definition) is 1. The molecule has 0 saturated carbocycles. The summed E-state index contributed by atoms with van der Waals surface area (Å²) in [7, 11) is 1.78. The zero-order valence-electron chi connectivity index (χ0n) is 17.3. The first-order valence-electron chi connectivity index (χ1n) is 9.95. The summed E-state index contributed by atoms with van der Waals surface area (Å²) in [6.07, 6.45) is 0.738. The molecule has 3 rings (SSSR count). The summed E-state index contributed by atoms with van der Waals surface area (Å²) >= 11 is 0. The van der Waals surface area contributed by atoms with Crippen molar-refractivity contribution in [2.24, 2.45) is 0 Å². The Morgan fingerprint density at radius 3 is 2.23 bits per heavy atom. The number of nitrogens with zero attached hydrogens (tertiary/aromatic N) is 1. The SMILES string of the molecule is Cc1ccccc1OCCCN(C)C(=O)c1ccc(NC(=O)c2ccccc2)cc1. The summed E-state index contributed by atoms with van der Waals surface area (Å²) < 4.78 is 5.78. The molecule has 5 nitrogen and oxygen atoms in total. The zero-order valence-corrected chi connectivity index (χ0v) is 17.3. The molecule has 3 aromatic carbocycles. The highest BCUT2D eigenvalue weighted by Crippen LogP contribution is 2.16. The summed E-state index contributed by atoms with van der Waals surface area (Å²) in [4.78, 5) is 26.5. The number of anilines is 1. The second kappa shape index (κ2) is 10.3. The number of nitrogens with one attached hydrogen (secondary N) is 1. The van der Waals surface area contributed by atoms with Gasteiger partial charge in [-0.2, -0.15) is 0 Å². The quantitative estimate of drug-likeness (QED) is 0.551. The van der Waals surface area contributed by atoms with Gasteiger partial charge in [0.2, 0.25) is 0 Å². The fourth-order valence-electron chi connectivity index (χ4n) is 3.01. The van der Waals surface area contributed by atoms with Crippen LogP contribution in [0.15, 0.2) is 78.9 Å². The van der Waals surface area contributed by atoms with Gasteiger partial charge in [-0.3, -0.25) is 9.59 Å². The van der Waals surface area contributed by atoms with Crippen LogP contribution in [0, 0.1) is 6.92 Å². The third kappa shape index (κ3) is 5.70. The van der Waals surface area contributed by atoms with Gasteiger partial charge in [0.25, 0.3) is 11.8 Å². The maximum atomic E-state index is 12.6. The lowest BCUT2D eigenvalue weighted by molar-refractivity contribution is 0.0787. The van der Waals surface area contributed by atoms with Crippen molar-refractivity contribution in [1.29, 1.82) is 0 Å². The fourth-order valence-corrected chi connectivity index (χ4v) is 3.01. The molecule has 0 saturated heterocycles. The Hall–Kier alpha value is -3.60. The molecule has 0 aliphatic carbocycles. The number of amides is 2. The summed E-state index contributed by atoms with van der Waals surface area (Å²) in [5, 5.41) is 2.84. The van der Waals surface area contributed by atoms with E-state index in [1.807, 2.05) is 49.4 Å². The normalized spacial score (nSPS) is 10.3. The van der Waals surface area contributed by atoms with Crippen LogP contribution >= 0.6 is 0 Å². The van der Waals surface area contributed by atoms with E-state index in [2.05, 4.69) is 5.32 Å². The van der Waals surface area contributed by atoms with Crippen molar-refractivity contribution in [2.45, 2.75) is 13.3 Å². The Labute approximate surface area is 177 Å². The first kappa shape index (κ1) is 21.1. The molecule has 0 fully saturated rings. The third-order valence-corrected chi connectivity index (χ3v) is 4.76. The maximum absolute atomic E-state index is 12.6. The number of aryl methyl sites for hydroxylation is 1. The molecule has 1 N–H and O–H groups in total. The van der Waals surface area contributed by atoms with Gasteiger partial charge in [-0.25, -0.2) is 0 Å². The van der Waals surface area contributed by atoms with Crippen LogP contribution in [0.25, 0.3) is 0 Å². The molecule has 0 aromatic heterocycles. The van der Waals surface area contributed by atoms with E-state index in [0.29, 0.717) is 30.0 Å². The van der Waals surface area contributed by atoms with E-state index in [1.165, 1.54) is 0 Å². The van der Waals surface area contributed by atoms with Crippen LogP contribution < -0.4 is 10.1 Å². The van der Waals surface area contributed by atoms with Gasteiger partial charge in [-0.1, -0.05) is 36.4 Å². The summed E-state index contributed by atoms with van der Waals surface area (Å²) in [6, 6.07) is 23.8. The first-order valence-corrected chi connectivity index (χ1v) is 9.95. The average molecular weight is 402 g/mol. The second-order valence-corrected chi connectivity index (χ2v) is 7.09. The predicted molar refractivity (Wildman–Crippen MR) is 119 cm³/mol. The number of carbonyl (C=O) groups is 2. The van der Waals surface area contributed by atoms with E-state index < -0.39 is 0 Å². The minimum Gasteiger partial charge on any atom is -0.493 e. The second-order valence-electron chi connectivity index (χ2n) is 7.09. The smallest absolute Gasteiger partial charge is 0.255 e. The number of rotatable bonds is 8. The number of carbonyl (C=O) groups excluding carboxylic acids is 2. The van der Waals surface area contributed by atoms with Crippen LogP contribution in [0.5, 0.6) is 5.75 Å². The minimum absolute atomic E-state index is 0.0631.